The number of amides is 1. The fraction of sp³-hybridized carbons (Fsp3) is 0.941. The summed E-state index contributed by atoms with van der Waals surface area (Å²) in [5.74, 6) is 0.439. The summed E-state index contributed by atoms with van der Waals surface area (Å²) in [4.78, 5) is 14.8. The third kappa shape index (κ3) is 6.63. The van der Waals surface area contributed by atoms with Crippen molar-refractivity contribution in [1.29, 1.82) is 0 Å². The van der Waals surface area contributed by atoms with Crippen molar-refractivity contribution in [2.24, 2.45) is 5.92 Å². The van der Waals surface area contributed by atoms with Gasteiger partial charge in [0.25, 0.3) is 0 Å². The maximum absolute atomic E-state index is 12.6. The van der Waals surface area contributed by atoms with E-state index < -0.39 is 0 Å². The average Bonchev–Trinajstić information content (AvgIpc) is 2.41. The lowest BCUT2D eigenvalue weighted by molar-refractivity contribution is -0.135. The molecule has 1 aliphatic rings. The lowest BCUT2D eigenvalue weighted by atomic mass is 9.99. The topological polar surface area (TPSA) is 50.8 Å². The summed E-state index contributed by atoms with van der Waals surface area (Å²) in [5.41, 5.74) is 0. The van der Waals surface area contributed by atoms with E-state index in [1.165, 1.54) is 0 Å². The standard InChI is InChI=1S/C17H34N2O3/c1-6-21-10-8-7-9-18-17(20)16(13(2)3)19-11-14(4)22-15(5)12-19/h13-16H,6-12H2,1-5H3,(H,18,20). The number of nitrogens with zero attached hydrogens (tertiary/aromatic N) is 1. The molecule has 1 amide bonds. The van der Waals surface area contributed by atoms with Gasteiger partial charge in [-0.15, -0.1) is 0 Å². The van der Waals surface area contributed by atoms with Crippen LogP contribution in [0.1, 0.15) is 47.5 Å². The third-order valence-corrected chi connectivity index (χ3v) is 3.96. The number of hydrogen-bond acceptors (Lipinski definition) is 4. The number of carbonyl (C=O) groups excluding carboxylic acids is 1. The molecule has 0 bridgehead atoms. The van der Waals surface area contributed by atoms with Crippen molar-refractivity contribution in [3.05, 3.63) is 0 Å². The highest BCUT2D eigenvalue weighted by atomic mass is 16.5. The van der Waals surface area contributed by atoms with Gasteiger partial charge >= 0.3 is 0 Å². The van der Waals surface area contributed by atoms with Gasteiger partial charge in [-0.25, -0.2) is 0 Å². The third-order valence-electron chi connectivity index (χ3n) is 3.96. The Morgan fingerprint density at radius 2 is 1.91 bits per heavy atom. The van der Waals surface area contributed by atoms with Crippen LogP contribution in [-0.4, -0.2) is 61.9 Å². The number of ether oxygens (including phenoxy) is 2. The Morgan fingerprint density at radius 3 is 2.45 bits per heavy atom. The summed E-state index contributed by atoms with van der Waals surface area (Å²) in [6.07, 6.45) is 2.33. The van der Waals surface area contributed by atoms with E-state index in [-0.39, 0.29) is 24.2 Å². The molecule has 0 saturated carbocycles. The van der Waals surface area contributed by atoms with Crippen LogP contribution in [0.2, 0.25) is 0 Å². The molecule has 5 heteroatoms. The fourth-order valence-corrected chi connectivity index (χ4v) is 3.12. The lowest BCUT2D eigenvalue weighted by Crippen LogP contribution is -2.57. The normalized spacial score (nSPS) is 24.5. The van der Waals surface area contributed by atoms with Crippen molar-refractivity contribution in [2.75, 3.05) is 32.8 Å². The Balaban J connectivity index is 2.43. The second-order valence-electron chi connectivity index (χ2n) is 6.60. The van der Waals surface area contributed by atoms with Crippen molar-refractivity contribution in [2.45, 2.75) is 65.7 Å². The van der Waals surface area contributed by atoms with E-state index in [1.54, 1.807) is 0 Å². The van der Waals surface area contributed by atoms with Gasteiger partial charge in [0.05, 0.1) is 18.2 Å². The van der Waals surface area contributed by atoms with Crippen molar-refractivity contribution < 1.29 is 14.3 Å². The Kier molecular flexibility index (Phi) is 8.98. The van der Waals surface area contributed by atoms with Gasteiger partial charge in [-0.3, -0.25) is 9.69 Å². The van der Waals surface area contributed by atoms with E-state index in [0.29, 0.717) is 5.92 Å². The monoisotopic (exact) mass is 314 g/mol. The second kappa shape index (κ2) is 10.2. The summed E-state index contributed by atoms with van der Waals surface area (Å²) in [7, 11) is 0. The van der Waals surface area contributed by atoms with Crippen molar-refractivity contribution in [3.8, 4) is 0 Å². The predicted molar refractivity (Wildman–Crippen MR) is 88.9 cm³/mol. The highest BCUT2D eigenvalue weighted by Gasteiger charge is 2.33. The van der Waals surface area contributed by atoms with Crippen LogP contribution in [0.15, 0.2) is 0 Å². The van der Waals surface area contributed by atoms with E-state index in [2.05, 4.69) is 37.9 Å². The fourth-order valence-electron chi connectivity index (χ4n) is 3.12. The molecule has 0 aromatic rings. The SMILES string of the molecule is CCOCCCCNC(=O)C(C(C)C)N1CC(C)OC(C)C1. The Hall–Kier alpha value is -0.650. The first-order chi connectivity index (χ1) is 10.5. The maximum atomic E-state index is 12.6. The minimum Gasteiger partial charge on any atom is -0.382 e. The molecule has 130 valence electrons. The molecule has 3 unspecified atom stereocenters. The molecule has 0 aromatic heterocycles. The summed E-state index contributed by atoms with van der Waals surface area (Å²) in [6, 6.07) is -0.0688. The van der Waals surface area contributed by atoms with Crippen LogP contribution in [0.5, 0.6) is 0 Å². The van der Waals surface area contributed by atoms with E-state index in [9.17, 15) is 4.79 Å². The molecule has 1 rings (SSSR count). The zero-order valence-corrected chi connectivity index (χ0v) is 14.9. The molecule has 1 heterocycles. The molecule has 1 aliphatic heterocycles. The van der Waals surface area contributed by atoms with E-state index in [1.807, 2.05) is 6.92 Å². The lowest BCUT2D eigenvalue weighted by Gasteiger charge is -2.41. The zero-order chi connectivity index (χ0) is 16.5. The van der Waals surface area contributed by atoms with Crippen LogP contribution in [-0.2, 0) is 14.3 Å². The van der Waals surface area contributed by atoms with Gasteiger partial charge < -0.3 is 14.8 Å². The first-order valence-electron chi connectivity index (χ1n) is 8.70. The summed E-state index contributed by atoms with van der Waals surface area (Å²) >= 11 is 0. The minimum absolute atomic E-state index is 0.0688. The van der Waals surface area contributed by atoms with Crippen LogP contribution in [0.25, 0.3) is 0 Å². The molecule has 1 N–H and O–H groups in total. The Labute approximate surface area is 135 Å². The molecule has 1 saturated heterocycles. The smallest absolute Gasteiger partial charge is 0.237 e. The molecular formula is C17H34N2O3. The number of carbonyl (C=O) groups is 1. The maximum Gasteiger partial charge on any atom is 0.237 e. The van der Waals surface area contributed by atoms with Crippen LogP contribution < -0.4 is 5.32 Å². The van der Waals surface area contributed by atoms with Gasteiger partial charge in [-0.2, -0.15) is 0 Å². The summed E-state index contributed by atoms with van der Waals surface area (Å²) in [5, 5.41) is 3.09. The van der Waals surface area contributed by atoms with Gasteiger partial charge in [0.2, 0.25) is 5.91 Å². The highest BCUT2D eigenvalue weighted by molar-refractivity contribution is 5.82. The van der Waals surface area contributed by atoms with E-state index in [0.717, 1.165) is 45.7 Å². The van der Waals surface area contributed by atoms with Gasteiger partial charge in [0.15, 0.2) is 0 Å². The molecule has 3 atom stereocenters. The predicted octanol–water partition coefficient (Wildman–Crippen LogP) is 2.05. The number of unbranched alkanes of at least 4 members (excludes halogenated alkanes) is 1. The summed E-state index contributed by atoms with van der Waals surface area (Å²) < 4.78 is 11.1. The first kappa shape index (κ1) is 19.4. The number of morpholine rings is 1. The molecule has 1 fully saturated rings. The molecular weight excluding hydrogens is 280 g/mol. The molecule has 22 heavy (non-hydrogen) atoms. The Bertz CT molecular complexity index is 313. The van der Waals surface area contributed by atoms with Gasteiger partial charge in [-0.05, 0) is 39.5 Å². The van der Waals surface area contributed by atoms with Gasteiger partial charge in [-0.1, -0.05) is 13.8 Å². The average molecular weight is 314 g/mol. The Morgan fingerprint density at radius 1 is 1.27 bits per heavy atom. The van der Waals surface area contributed by atoms with Crippen LogP contribution in [0, 0.1) is 5.92 Å². The minimum atomic E-state index is -0.0688. The number of nitrogens with one attached hydrogen (secondary N) is 1. The van der Waals surface area contributed by atoms with E-state index >= 15 is 0 Å². The van der Waals surface area contributed by atoms with Crippen molar-refractivity contribution in [1.82, 2.24) is 10.2 Å². The van der Waals surface area contributed by atoms with Gasteiger partial charge in [0, 0.05) is 32.8 Å². The molecule has 0 aliphatic carbocycles. The molecule has 5 nitrogen and oxygen atoms in total. The summed E-state index contributed by atoms with van der Waals surface area (Å²) in [6.45, 7) is 14.3. The zero-order valence-electron chi connectivity index (χ0n) is 14.9. The van der Waals surface area contributed by atoms with Gasteiger partial charge in [0.1, 0.15) is 0 Å². The van der Waals surface area contributed by atoms with E-state index in [4.69, 9.17) is 9.47 Å². The van der Waals surface area contributed by atoms with Crippen molar-refractivity contribution in [3.63, 3.8) is 0 Å². The van der Waals surface area contributed by atoms with Crippen molar-refractivity contribution >= 4 is 5.91 Å². The largest absolute Gasteiger partial charge is 0.382 e. The van der Waals surface area contributed by atoms with Crippen LogP contribution in [0.3, 0.4) is 0 Å². The first-order valence-corrected chi connectivity index (χ1v) is 8.70. The highest BCUT2D eigenvalue weighted by Crippen LogP contribution is 2.18. The van der Waals surface area contributed by atoms with Crippen LogP contribution in [0.4, 0.5) is 0 Å². The second-order valence-corrected chi connectivity index (χ2v) is 6.60. The quantitative estimate of drug-likeness (QED) is 0.662. The molecule has 0 radical (unpaired) electrons. The molecule has 0 spiro atoms. The van der Waals surface area contributed by atoms with Crippen LogP contribution >= 0.6 is 0 Å². The number of hydrogen-bond donors (Lipinski definition) is 1. The molecule has 0 aromatic carbocycles. The number of rotatable bonds is 9.